The fourth-order valence-electron chi connectivity index (χ4n) is 2.99. The molecule has 0 saturated carbocycles. The molecule has 2 N–H and O–H groups in total. The molecule has 1 unspecified atom stereocenters. The molecule has 0 aromatic carbocycles. The van der Waals surface area contributed by atoms with Crippen molar-refractivity contribution in [2.45, 2.75) is 65.8 Å². The molecule has 0 radical (unpaired) electrons. The predicted octanol–water partition coefficient (Wildman–Crippen LogP) is 2.80. The molecule has 1 aromatic heterocycles. The molecule has 1 aliphatic rings. The molecule has 1 aliphatic heterocycles. The van der Waals surface area contributed by atoms with E-state index in [2.05, 4.69) is 43.7 Å². The number of rotatable bonds is 6. The van der Waals surface area contributed by atoms with Crippen LogP contribution in [0.3, 0.4) is 0 Å². The van der Waals surface area contributed by atoms with E-state index in [0.717, 1.165) is 49.1 Å². The third-order valence-corrected chi connectivity index (χ3v) is 5.50. The first kappa shape index (κ1) is 21.7. The number of aromatic nitrogens is 1. The monoisotopic (exact) mass is 393 g/mol. The fraction of sp³-hybridized carbons (Fsp3) is 0.750. The number of guanidine groups is 1. The summed E-state index contributed by atoms with van der Waals surface area (Å²) in [5.41, 5.74) is 1.24. The minimum atomic E-state index is 0.0574. The van der Waals surface area contributed by atoms with Crippen LogP contribution in [0.2, 0.25) is 0 Å². The zero-order valence-corrected chi connectivity index (χ0v) is 18.4. The Morgan fingerprint density at radius 1 is 1.44 bits per heavy atom. The molecule has 1 aromatic rings. The van der Waals surface area contributed by atoms with Gasteiger partial charge in [0, 0.05) is 55.4 Å². The molecule has 1 saturated heterocycles. The van der Waals surface area contributed by atoms with Crippen molar-refractivity contribution in [3.63, 3.8) is 0 Å². The second kappa shape index (κ2) is 9.53. The molecule has 0 aliphatic carbocycles. The van der Waals surface area contributed by atoms with E-state index in [-0.39, 0.29) is 23.3 Å². The van der Waals surface area contributed by atoms with E-state index in [9.17, 15) is 4.79 Å². The van der Waals surface area contributed by atoms with Crippen molar-refractivity contribution < 1.29 is 4.79 Å². The number of carbonyl (C=O) groups excluding carboxylic acids is 1. The van der Waals surface area contributed by atoms with E-state index < -0.39 is 0 Å². The van der Waals surface area contributed by atoms with Gasteiger partial charge in [-0.2, -0.15) is 0 Å². The number of nitrogens with zero attached hydrogens (tertiary/aromatic N) is 3. The van der Waals surface area contributed by atoms with Crippen molar-refractivity contribution in [2.24, 2.45) is 10.9 Å². The Morgan fingerprint density at radius 3 is 2.78 bits per heavy atom. The lowest BCUT2D eigenvalue weighted by Crippen LogP contribution is -2.45. The quantitative estimate of drug-likeness (QED) is 0.576. The minimum absolute atomic E-state index is 0.0574. The normalized spacial score (nSPS) is 18.3. The van der Waals surface area contributed by atoms with Crippen molar-refractivity contribution in [1.29, 1.82) is 0 Å². The van der Waals surface area contributed by atoms with Crippen LogP contribution >= 0.6 is 11.3 Å². The highest BCUT2D eigenvalue weighted by Gasteiger charge is 2.28. The van der Waals surface area contributed by atoms with Gasteiger partial charge in [-0.05, 0) is 13.3 Å². The Kier molecular flexibility index (Phi) is 7.65. The van der Waals surface area contributed by atoms with Gasteiger partial charge in [-0.15, -0.1) is 11.3 Å². The van der Waals surface area contributed by atoms with Crippen LogP contribution in [0.25, 0.3) is 0 Å². The van der Waals surface area contributed by atoms with E-state index in [4.69, 9.17) is 9.98 Å². The second-order valence-electron chi connectivity index (χ2n) is 8.46. The summed E-state index contributed by atoms with van der Waals surface area (Å²) in [6.07, 6.45) is 1.81. The molecule has 1 atom stereocenters. The van der Waals surface area contributed by atoms with Gasteiger partial charge in [-0.3, -0.25) is 9.79 Å². The Hall–Kier alpha value is -1.63. The van der Waals surface area contributed by atoms with Gasteiger partial charge < -0.3 is 15.5 Å². The number of hydrogen-bond donors (Lipinski definition) is 2. The molecule has 27 heavy (non-hydrogen) atoms. The van der Waals surface area contributed by atoms with Gasteiger partial charge >= 0.3 is 0 Å². The molecule has 2 rings (SSSR count). The predicted molar refractivity (Wildman–Crippen MR) is 113 cm³/mol. The molecule has 7 heteroatoms. The van der Waals surface area contributed by atoms with Gasteiger partial charge in [0.2, 0.25) is 5.91 Å². The van der Waals surface area contributed by atoms with Crippen molar-refractivity contribution in [2.75, 3.05) is 26.2 Å². The van der Waals surface area contributed by atoms with E-state index in [0.29, 0.717) is 6.54 Å². The van der Waals surface area contributed by atoms with Gasteiger partial charge in [0.25, 0.3) is 0 Å². The maximum absolute atomic E-state index is 12.2. The summed E-state index contributed by atoms with van der Waals surface area (Å²) in [6, 6.07) is 0.262. The van der Waals surface area contributed by atoms with E-state index >= 15 is 0 Å². The molecule has 0 bridgehead atoms. The molecule has 6 nitrogen and oxygen atoms in total. The van der Waals surface area contributed by atoms with E-state index in [1.807, 2.05) is 18.7 Å². The van der Waals surface area contributed by atoms with Crippen molar-refractivity contribution >= 4 is 23.2 Å². The summed E-state index contributed by atoms with van der Waals surface area (Å²) in [6.45, 7) is 15.6. The lowest BCUT2D eigenvalue weighted by molar-refractivity contribution is -0.133. The van der Waals surface area contributed by atoms with E-state index in [1.54, 1.807) is 11.3 Å². The first-order valence-corrected chi connectivity index (χ1v) is 10.9. The Labute approximate surface area is 167 Å². The maximum Gasteiger partial charge on any atom is 0.225 e. The van der Waals surface area contributed by atoms with Crippen molar-refractivity contribution in [1.82, 2.24) is 20.5 Å². The van der Waals surface area contributed by atoms with Gasteiger partial charge in [0.15, 0.2) is 5.96 Å². The molecule has 152 valence electrons. The summed E-state index contributed by atoms with van der Waals surface area (Å²) < 4.78 is 0. The number of likely N-dealkylation sites (tertiary alicyclic amines) is 1. The van der Waals surface area contributed by atoms with Crippen LogP contribution < -0.4 is 10.6 Å². The zero-order chi connectivity index (χ0) is 20.0. The highest BCUT2D eigenvalue weighted by atomic mass is 32.1. The Morgan fingerprint density at radius 2 is 2.19 bits per heavy atom. The SMILES string of the molecule is CCNC(=NCCc1nc(C(C)(C)C)cs1)NC1CCN(C(=O)C(C)C)C1. The molecule has 1 amide bonds. The van der Waals surface area contributed by atoms with Crippen LogP contribution in [0.5, 0.6) is 0 Å². The van der Waals surface area contributed by atoms with Crippen LogP contribution in [-0.2, 0) is 16.6 Å². The smallest absolute Gasteiger partial charge is 0.225 e. The largest absolute Gasteiger partial charge is 0.357 e. The summed E-state index contributed by atoms with van der Waals surface area (Å²) in [5.74, 6) is 1.12. The highest BCUT2D eigenvalue weighted by molar-refractivity contribution is 7.09. The van der Waals surface area contributed by atoms with Crippen LogP contribution in [0.15, 0.2) is 10.4 Å². The summed E-state index contributed by atoms with van der Waals surface area (Å²) in [7, 11) is 0. The standard InChI is InChI=1S/C20H35N5OS/c1-7-21-19(23-15-9-11-25(12-15)18(26)14(2)3)22-10-8-17-24-16(13-27-17)20(4,5)6/h13-15H,7-12H2,1-6H3,(H2,21,22,23). The van der Waals surface area contributed by atoms with Gasteiger partial charge in [0.05, 0.1) is 10.7 Å². The molecule has 1 fully saturated rings. The average molecular weight is 394 g/mol. The lowest BCUT2D eigenvalue weighted by Gasteiger charge is -2.20. The second-order valence-corrected chi connectivity index (χ2v) is 9.40. The third kappa shape index (κ3) is 6.48. The van der Waals surface area contributed by atoms with Gasteiger partial charge in [0.1, 0.15) is 0 Å². The summed E-state index contributed by atoms with van der Waals surface area (Å²) >= 11 is 1.72. The number of aliphatic imine (C=N–C) groups is 1. The summed E-state index contributed by atoms with van der Waals surface area (Å²) in [4.78, 5) is 23.5. The number of carbonyl (C=O) groups is 1. The third-order valence-electron chi connectivity index (χ3n) is 4.59. The summed E-state index contributed by atoms with van der Waals surface area (Å²) in [5, 5.41) is 10.1. The minimum Gasteiger partial charge on any atom is -0.357 e. The molecular formula is C20H35N5OS. The first-order valence-electron chi connectivity index (χ1n) is 9.99. The van der Waals surface area contributed by atoms with Gasteiger partial charge in [-0.25, -0.2) is 4.98 Å². The van der Waals surface area contributed by atoms with Crippen molar-refractivity contribution in [3.8, 4) is 0 Å². The first-order chi connectivity index (χ1) is 12.7. The number of thiazole rings is 1. The number of amides is 1. The van der Waals surface area contributed by atoms with Crippen LogP contribution in [0, 0.1) is 5.92 Å². The molecule has 2 heterocycles. The zero-order valence-electron chi connectivity index (χ0n) is 17.6. The highest BCUT2D eigenvalue weighted by Crippen LogP contribution is 2.24. The maximum atomic E-state index is 12.2. The Balaban J connectivity index is 1.87. The molecule has 0 spiro atoms. The topological polar surface area (TPSA) is 69.6 Å². The Bertz CT molecular complexity index is 647. The van der Waals surface area contributed by atoms with Crippen LogP contribution in [0.1, 0.15) is 58.7 Å². The number of hydrogen-bond acceptors (Lipinski definition) is 4. The average Bonchev–Trinajstić information content (AvgIpc) is 3.23. The fourth-order valence-corrected chi connectivity index (χ4v) is 4.00. The number of nitrogens with one attached hydrogen (secondary N) is 2. The van der Waals surface area contributed by atoms with Crippen LogP contribution in [0.4, 0.5) is 0 Å². The molecular weight excluding hydrogens is 358 g/mol. The van der Waals surface area contributed by atoms with E-state index in [1.165, 1.54) is 0 Å². The van der Waals surface area contributed by atoms with Gasteiger partial charge in [-0.1, -0.05) is 34.6 Å². The van der Waals surface area contributed by atoms with Crippen molar-refractivity contribution in [3.05, 3.63) is 16.1 Å². The lowest BCUT2D eigenvalue weighted by atomic mass is 9.93. The van der Waals surface area contributed by atoms with Crippen LogP contribution in [-0.4, -0.2) is 54.0 Å².